The lowest BCUT2D eigenvalue weighted by Crippen LogP contribution is -2.30. The molecule has 6 nitrogen and oxygen atoms in total. The van der Waals surface area contributed by atoms with Crippen LogP contribution in [-0.4, -0.2) is 31.2 Å². The van der Waals surface area contributed by atoms with Crippen molar-refractivity contribution in [1.82, 2.24) is 10.7 Å². The van der Waals surface area contributed by atoms with Gasteiger partial charge in [-0.1, -0.05) is 30.3 Å². The molecule has 3 aromatic rings. The largest absolute Gasteiger partial charge is 0.484 e. The van der Waals surface area contributed by atoms with Gasteiger partial charge in [0.25, 0.3) is 11.8 Å². The normalized spacial score (nSPS) is 10.6. The van der Waals surface area contributed by atoms with Crippen molar-refractivity contribution in [2.24, 2.45) is 5.10 Å². The molecule has 0 heterocycles. The predicted octanol–water partition coefficient (Wildman–Crippen LogP) is 3.33. The summed E-state index contributed by atoms with van der Waals surface area (Å²) < 4.78 is 18.4. The Hall–Kier alpha value is -4.00. The van der Waals surface area contributed by atoms with Gasteiger partial charge in [0.15, 0.2) is 6.61 Å². The predicted molar refractivity (Wildman–Crippen MR) is 117 cm³/mol. The number of carbonyl (C=O) groups excluding carboxylic acids is 2. The molecule has 0 aliphatic rings. The summed E-state index contributed by atoms with van der Waals surface area (Å²) in [5.74, 6) is -0.489. The molecule has 0 saturated carbocycles. The van der Waals surface area contributed by atoms with Gasteiger partial charge < -0.3 is 10.1 Å². The average molecular weight is 419 g/mol. The number of carbonyl (C=O) groups is 2. The van der Waals surface area contributed by atoms with E-state index < -0.39 is 11.7 Å². The molecule has 0 bridgehead atoms. The van der Waals surface area contributed by atoms with Crippen LogP contribution >= 0.6 is 0 Å². The molecule has 3 rings (SSSR count). The second-order valence-electron chi connectivity index (χ2n) is 6.65. The van der Waals surface area contributed by atoms with Crippen molar-refractivity contribution in [2.75, 3.05) is 13.2 Å². The van der Waals surface area contributed by atoms with Crippen LogP contribution in [-0.2, 0) is 11.2 Å². The summed E-state index contributed by atoms with van der Waals surface area (Å²) in [5.41, 5.74) is 4.58. The fourth-order valence-electron chi connectivity index (χ4n) is 2.67. The van der Waals surface area contributed by atoms with Gasteiger partial charge in [-0.15, -0.1) is 0 Å². The molecule has 0 aromatic heterocycles. The maximum atomic E-state index is 12.9. The Balaban J connectivity index is 1.38. The number of hydrogen-bond donors (Lipinski definition) is 2. The summed E-state index contributed by atoms with van der Waals surface area (Å²) in [6.45, 7) is 0.473. The molecule has 0 unspecified atom stereocenters. The van der Waals surface area contributed by atoms with E-state index in [9.17, 15) is 14.0 Å². The van der Waals surface area contributed by atoms with Gasteiger partial charge in [-0.2, -0.15) is 5.10 Å². The lowest BCUT2D eigenvalue weighted by Gasteiger charge is -2.08. The summed E-state index contributed by atoms with van der Waals surface area (Å²) in [6, 6.07) is 22.0. The molecule has 0 aliphatic carbocycles. The van der Waals surface area contributed by atoms with Crippen molar-refractivity contribution in [3.63, 3.8) is 0 Å². The Morgan fingerprint density at radius 1 is 0.935 bits per heavy atom. The van der Waals surface area contributed by atoms with Gasteiger partial charge >= 0.3 is 0 Å². The number of hydrazone groups is 1. The number of nitrogens with one attached hydrogen (secondary N) is 2. The van der Waals surface area contributed by atoms with E-state index >= 15 is 0 Å². The minimum absolute atomic E-state index is 0.0735. The van der Waals surface area contributed by atoms with Gasteiger partial charge in [0.05, 0.1) is 6.21 Å². The van der Waals surface area contributed by atoms with Crippen LogP contribution in [0.2, 0.25) is 0 Å². The average Bonchev–Trinajstić information content (AvgIpc) is 2.79. The monoisotopic (exact) mass is 419 g/mol. The van der Waals surface area contributed by atoms with Crippen LogP contribution < -0.4 is 15.5 Å². The molecule has 0 aliphatic heterocycles. The molecule has 2 N–H and O–H groups in total. The second kappa shape index (κ2) is 11.3. The zero-order valence-electron chi connectivity index (χ0n) is 16.8. The number of benzene rings is 3. The van der Waals surface area contributed by atoms with Gasteiger partial charge in [-0.25, -0.2) is 9.82 Å². The molecule has 2 amide bonds. The molecule has 0 radical (unpaired) electrons. The van der Waals surface area contributed by atoms with Crippen molar-refractivity contribution in [1.29, 1.82) is 0 Å². The first kappa shape index (κ1) is 21.7. The van der Waals surface area contributed by atoms with Crippen molar-refractivity contribution in [3.8, 4) is 5.75 Å². The Morgan fingerprint density at radius 3 is 2.35 bits per heavy atom. The summed E-state index contributed by atoms with van der Waals surface area (Å²) >= 11 is 0. The van der Waals surface area contributed by atoms with Crippen LogP contribution in [0.1, 0.15) is 21.5 Å². The van der Waals surface area contributed by atoms with E-state index in [0.29, 0.717) is 17.9 Å². The molecule has 31 heavy (non-hydrogen) atoms. The lowest BCUT2D eigenvalue weighted by atomic mass is 10.1. The molecule has 0 atom stereocenters. The lowest BCUT2D eigenvalue weighted by molar-refractivity contribution is -0.123. The maximum absolute atomic E-state index is 12.9. The van der Waals surface area contributed by atoms with Gasteiger partial charge in [0.1, 0.15) is 11.6 Å². The maximum Gasteiger partial charge on any atom is 0.271 e. The summed E-state index contributed by atoms with van der Waals surface area (Å²) in [7, 11) is 0. The minimum Gasteiger partial charge on any atom is -0.484 e. The summed E-state index contributed by atoms with van der Waals surface area (Å²) in [5, 5.41) is 6.70. The molecular weight excluding hydrogens is 397 g/mol. The summed E-state index contributed by atoms with van der Waals surface area (Å²) in [6.07, 6.45) is 2.24. The first-order valence-electron chi connectivity index (χ1n) is 9.72. The molecule has 158 valence electrons. The van der Waals surface area contributed by atoms with E-state index in [2.05, 4.69) is 15.8 Å². The van der Waals surface area contributed by atoms with E-state index in [1.165, 1.54) is 30.5 Å². The van der Waals surface area contributed by atoms with Crippen molar-refractivity contribution < 1.29 is 18.7 Å². The Kier molecular flexibility index (Phi) is 7.88. The molecule has 3 aromatic carbocycles. The van der Waals surface area contributed by atoms with E-state index in [1.54, 1.807) is 24.3 Å². The second-order valence-corrected chi connectivity index (χ2v) is 6.65. The fourth-order valence-corrected chi connectivity index (χ4v) is 2.67. The zero-order valence-corrected chi connectivity index (χ0v) is 16.8. The molecule has 0 saturated heterocycles. The quantitative estimate of drug-likeness (QED) is 0.412. The number of halogens is 1. The van der Waals surface area contributed by atoms with Gasteiger partial charge in [0, 0.05) is 12.1 Å². The van der Waals surface area contributed by atoms with E-state index in [4.69, 9.17) is 4.74 Å². The fraction of sp³-hybridized carbons (Fsp3) is 0.125. The van der Waals surface area contributed by atoms with E-state index in [1.807, 2.05) is 30.3 Å². The van der Waals surface area contributed by atoms with Gasteiger partial charge in [-0.3, -0.25) is 9.59 Å². The Labute approximate surface area is 179 Å². The highest BCUT2D eigenvalue weighted by Gasteiger charge is 2.04. The van der Waals surface area contributed by atoms with Crippen LogP contribution in [0.15, 0.2) is 84.0 Å². The van der Waals surface area contributed by atoms with Crippen LogP contribution in [0.3, 0.4) is 0 Å². The first-order valence-corrected chi connectivity index (χ1v) is 9.72. The highest BCUT2D eigenvalue weighted by atomic mass is 19.1. The third kappa shape index (κ3) is 7.40. The van der Waals surface area contributed by atoms with E-state index in [-0.39, 0.29) is 12.5 Å². The highest BCUT2D eigenvalue weighted by Crippen LogP contribution is 2.11. The van der Waals surface area contributed by atoms with Crippen molar-refractivity contribution in [3.05, 3.63) is 101 Å². The van der Waals surface area contributed by atoms with Gasteiger partial charge in [0.2, 0.25) is 0 Å². The van der Waals surface area contributed by atoms with Gasteiger partial charge in [-0.05, 0) is 66.1 Å². The molecule has 0 fully saturated rings. The number of ether oxygens (including phenoxy) is 1. The number of nitrogens with zero attached hydrogens (tertiary/aromatic N) is 1. The standard InChI is InChI=1S/C24H22FN3O3/c25-21-10-8-20(9-11-21)24(30)28-27-16-19-6-12-22(13-7-19)31-17-23(29)26-15-14-18-4-2-1-3-5-18/h1-13,16H,14-15,17H2,(H,26,29)(H,28,30)/b27-16+. The van der Waals surface area contributed by atoms with Crippen LogP contribution in [0, 0.1) is 5.82 Å². The third-order valence-electron chi connectivity index (χ3n) is 4.31. The molecule has 0 spiro atoms. The van der Waals surface area contributed by atoms with Crippen LogP contribution in [0.25, 0.3) is 0 Å². The highest BCUT2D eigenvalue weighted by molar-refractivity contribution is 5.94. The smallest absolute Gasteiger partial charge is 0.271 e. The summed E-state index contributed by atoms with van der Waals surface area (Å²) in [4.78, 5) is 23.8. The van der Waals surface area contributed by atoms with E-state index in [0.717, 1.165) is 17.5 Å². The third-order valence-corrected chi connectivity index (χ3v) is 4.31. The number of amides is 2. The number of rotatable bonds is 9. The molecule has 7 heteroatoms. The zero-order chi connectivity index (χ0) is 21.9. The minimum atomic E-state index is -0.436. The van der Waals surface area contributed by atoms with Crippen molar-refractivity contribution in [2.45, 2.75) is 6.42 Å². The van der Waals surface area contributed by atoms with Crippen LogP contribution in [0.5, 0.6) is 5.75 Å². The Morgan fingerprint density at radius 2 is 1.65 bits per heavy atom. The molecular formula is C24H22FN3O3. The van der Waals surface area contributed by atoms with Crippen LogP contribution in [0.4, 0.5) is 4.39 Å². The topological polar surface area (TPSA) is 79.8 Å². The van der Waals surface area contributed by atoms with Crippen molar-refractivity contribution >= 4 is 18.0 Å². The SMILES string of the molecule is O=C(COc1ccc(/C=N/NC(=O)c2ccc(F)cc2)cc1)NCCc1ccccc1. The first-order chi connectivity index (χ1) is 15.1. The number of hydrogen-bond acceptors (Lipinski definition) is 4. The Bertz CT molecular complexity index is 1020.